The first-order valence-corrected chi connectivity index (χ1v) is 22.0. The fraction of sp³-hybridized carbons (Fsp3) is 0.619. The zero-order valence-electron chi connectivity index (χ0n) is 32.8. The molecule has 57 heavy (non-hydrogen) atoms. The van der Waals surface area contributed by atoms with Crippen LogP contribution in [-0.4, -0.2) is 136 Å². The zero-order chi connectivity index (χ0) is 40.4. The number of amides is 2. The Morgan fingerprint density at radius 3 is 2.40 bits per heavy atom. The van der Waals surface area contributed by atoms with Crippen LogP contribution in [0.3, 0.4) is 0 Å². The Morgan fingerprint density at radius 2 is 1.74 bits per heavy atom. The monoisotopic (exact) mass is 815 g/mol. The number of halogens is 3. The third-order valence-corrected chi connectivity index (χ3v) is 15.5. The summed E-state index contributed by atoms with van der Waals surface area (Å²) in [5.41, 5.74) is -0.908. The number of hydrogen-bond acceptors (Lipinski definition) is 9. The minimum Gasteiger partial charge on any atom is -0.453 e. The molecule has 4 aliphatic heterocycles. The average molecular weight is 816 g/mol. The first kappa shape index (κ1) is 41.5. The third-order valence-electron chi connectivity index (χ3n) is 13.3. The molecule has 15 heteroatoms. The highest BCUT2D eigenvalue weighted by Crippen LogP contribution is 2.52. The number of likely N-dealkylation sites (tertiary alicyclic amines) is 3. The number of rotatable bonds is 13. The number of nitrogens with one attached hydrogen (secondary N) is 1. The van der Waals surface area contributed by atoms with E-state index in [1.54, 1.807) is 17.0 Å². The van der Waals surface area contributed by atoms with Crippen LogP contribution in [0.2, 0.25) is 0 Å². The topological polar surface area (TPSA) is 123 Å². The van der Waals surface area contributed by atoms with E-state index < -0.39 is 38.1 Å². The Morgan fingerprint density at radius 1 is 0.965 bits per heavy atom. The summed E-state index contributed by atoms with van der Waals surface area (Å²) >= 11 is 0. The van der Waals surface area contributed by atoms with Crippen LogP contribution in [0.4, 0.5) is 23.7 Å². The lowest BCUT2D eigenvalue weighted by atomic mass is 9.57. The number of sulfone groups is 1. The molecule has 4 atom stereocenters. The first-order chi connectivity index (χ1) is 27.3. The van der Waals surface area contributed by atoms with Crippen molar-refractivity contribution >= 4 is 27.5 Å². The highest BCUT2D eigenvalue weighted by atomic mass is 32.2. The molecule has 4 heterocycles. The molecule has 2 amide bonds. The second-order valence-corrected chi connectivity index (χ2v) is 19.0. The second kappa shape index (κ2) is 17.3. The number of piperidine rings is 2. The highest BCUT2D eigenvalue weighted by molar-refractivity contribution is 7.92. The summed E-state index contributed by atoms with van der Waals surface area (Å²) in [5, 5.41) is 11.2. The summed E-state index contributed by atoms with van der Waals surface area (Å²) in [7, 11) is -2.58. The average Bonchev–Trinajstić information content (AvgIpc) is 3.64. The van der Waals surface area contributed by atoms with E-state index in [-0.39, 0.29) is 73.0 Å². The predicted molar refractivity (Wildman–Crippen MR) is 210 cm³/mol. The van der Waals surface area contributed by atoms with Gasteiger partial charge < -0.3 is 29.9 Å². The van der Waals surface area contributed by atoms with Crippen molar-refractivity contribution in [2.75, 3.05) is 84.1 Å². The summed E-state index contributed by atoms with van der Waals surface area (Å²) in [6.45, 7) is 4.23. The molecule has 0 bridgehead atoms. The van der Waals surface area contributed by atoms with Crippen molar-refractivity contribution in [2.24, 2.45) is 11.8 Å². The van der Waals surface area contributed by atoms with Crippen molar-refractivity contribution in [3.05, 3.63) is 71.8 Å². The summed E-state index contributed by atoms with van der Waals surface area (Å²) < 4.78 is 78.9. The van der Waals surface area contributed by atoms with E-state index in [2.05, 4.69) is 15.1 Å². The van der Waals surface area contributed by atoms with Gasteiger partial charge in [0, 0.05) is 43.7 Å². The van der Waals surface area contributed by atoms with Crippen LogP contribution in [0, 0.1) is 23.5 Å². The van der Waals surface area contributed by atoms with Crippen molar-refractivity contribution in [1.29, 1.82) is 0 Å². The Bertz CT molecular complexity index is 1900. The van der Waals surface area contributed by atoms with Crippen LogP contribution < -0.4 is 10.2 Å². The molecule has 2 aromatic rings. The molecule has 7 rings (SSSR count). The number of anilines is 1. The van der Waals surface area contributed by atoms with Crippen molar-refractivity contribution in [3.8, 4) is 0 Å². The van der Waals surface area contributed by atoms with E-state index >= 15 is 13.2 Å². The Kier molecular flexibility index (Phi) is 12.6. The fourth-order valence-corrected chi connectivity index (χ4v) is 12.2. The van der Waals surface area contributed by atoms with E-state index in [4.69, 9.17) is 9.84 Å². The largest absolute Gasteiger partial charge is 0.453 e. The van der Waals surface area contributed by atoms with Crippen LogP contribution in [0.15, 0.2) is 59.5 Å². The molecule has 0 spiro atoms. The normalized spacial score (nSPS) is 25.8. The number of ether oxygens (including phenoxy) is 1. The summed E-state index contributed by atoms with van der Waals surface area (Å²) in [4.78, 5) is 32.4. The van der Waals surface area contributed by atoms with Crippen molar-refractivity contribution < 1.29 is 41.0 Å². The zero-order valence-corrected chi connectivity index (χ0v) is 33.6. The molecule has 1 unspecified atom stereocenters. The number of aliphatic hydroxyl groups excluding tert-OH is 1. The van der Waals surface area contributed by atoms with Crippen molar-refractivity contribution in [3.63, 3.8) is 0 Å². The van der Waals surface area contributed by atoms with Gasteiger partial charge in [-0.15, -0.1) is 0 Å². The van der Waals surface area contributed by atoms with Crippen LogP contribution in [0.25, 0.3) is 0 Å². The van der Waals surface area contributed by atoms with Gasteiger partial charge in [0.05, 0.1) is 42.6 Å². The van der Waals surface area contributed by atoms with E-state index in [0.717, 1.165) is 69.8 Å². The van der Waals surface area contributed by atoms with Gasteiger partial charge in [0.15, 0.2) is 15.5 Å². The maximum atomic E-state index is 16.3. The summed E-state index contributed by atoms with van der Waals surface area (Å²) in [6.07, 6.45) is 8.22. The number of alkyl carbamates (subject to hydrolysis) is 1. The van der Waals surface area contributed by atoms with Gasteiger partial charge in [0.2, 0.25) is 5.91 Å². The standard InChI is InChI=1S/C42H56F3N5O6S/c1-56-40(53)46-37-11-3-10-35(37)42(29-47-17-6-18-47,31-7-2-8-32(43)23-31)30-15-20-48(21-16-30)26-41(45)27-50(28-41)38-14-13-33(24-36(38)44)57(54,55)34-9-4-19-49(25-34)39(52)12-5-22-51/h2,5,7-8,12-14,23-24,30,34-35,37,51H,3-4,6,9-11,15-22,25-29H2,1H3,(H,46,53)/b12-5+/t34?,35-,37-,42-/m0/s1. The van der Waals surface area contributed by atoms with Crippen molar-refractivity contribution in [2.45, 2.75) is 78.6 Å². The molecule has 11 nitrogen and oxygen atoms in total. The quantitative estimate of drug-likeness (QED) is 0.278. The fourth-order valence-electron chi connectivity index (χ4n) is 10.4. The van der Waals surface area contributed by atoms with Crippen LogP contribution >= 0.6 is 0 Å². The van der Waals surface area contributed by atoms with E-state index in [1.807, 2.05) is 6.07 Å². The van der Waals surface area contributed by atoms with Crippen LogP contribution in [-0.2, 0) is 24.8 Å². The second-order valence-electron chi connectivity index (χ2n) is 16.8. The lowest BCUT2D eigenvalue weighted by Crippen LogP contribution is -2.65. The summed E-state index contributed by atoms with van der Waals surface area (Å²) in [5.74, 6) is -1.17. The van der Waals surface area contributed by atoms with E-state index in [0.29, 0.717) is 32.5 Å². The Balaban J connectivity index is 1.00. The molecular weight excluding hydrogens is 760 g/mol. The van der Waals surface area contributed by atoms with Gasteiger partial charge in [-0.2, -0.15) is 0 Å². The summed E-state index contributed by atoms with van der Waals surface area (Å²) in [6, 6.07) is 10.6. The molecule has 2 aromatic carbocycles. The smallest absolute Gasteiger partial charge is 0.407 e. The molecular formula is C42H56F3N5O6S. The molecule has 2 N–H and O–H groups in total. The Labute approximate surface area is 334 Å². The van der Waals surface area contributed by atoms with Crippen molar-refractivity contribution in [1.82, 2.24) is 20.0 Å². The highest BCUT2D eigenvalue weighted by Gasteiger charge is 2.54. The van der Waals surface area contributed by atoms with E-state index in [1.165, 1.54) is 42.4 Å². The number of carbonyl (C=O) groups is 2. The number of carbonyl (C=O) groups excluding carboxylic acids is 2. The first-order valence-electron chi connectivity index (χ1n) is 20.4. The van der Waals surface area contributed by atoms with Gasteiger partial charge >= 0.3 is 6.09 Å². The minimum atomic E-state index is -3.95. The molecule has 4 saturated heterocycles. The molecule has 1 aliphatic carbocycles. The van der Waals surface area contributed by atoms with Crippen LogP contribution in [0.5, 0.6) is 0 Å². The SMILES string of the molecule is COC(=O)N[C@H]1CCC[C@@H]1[C@](CN1CCC1)(c1cccc(F)c1)C1CCN(CC2(F)CN(c3ccc(S(=O)(=O)C4CCCN(C(=O)/C=C/CO)C4)cc3F)C2)CC1. The molecule has 0 aromatic heterocycles. The maximum Gasteiger partial charge on any atom is 0.407 e. The van der Waals surface area contributed by atoms with Crippen LogP contribution in [0.1, 0.15) is 56.9 Å². The Hall–Kier alpha value is -3.66. The van der Waals surface area contributed by atoms with Gasteiger partial charge in [-0.25, -0.2) is 26.4 Å². The number of hydrogen-bond donors (Lipinski definition) is 2. The molecule has 0 radical (unpaired) electrons. The third kappa shape index (κ3) is 8.72. The van der Waals surface area contributed by atoms with Gasteiger partial charge in [0.1, 0.15) is 11.6 Å². The molecule has 5 fully saturated rings. The van der Waals surface area contributed by atoms with Gasteiger partial charge in [0.25, 0.3) is 0 Å². The number of nitrogens with zero attached hydrogens (tertiary/aromatic N) is 4. The lowest BCUT2D eigenvalue weighted by molar-refractivity contribution is -0.126. The number of benzene rings is 2. The predicted octanol–water partition coefficient (Wildman–Crippen LogP) is 4.69. The van der Waals surface area contributed by atoms with Gasteiger partial charge in [-0.05, 0) is 119 Å². The number of methoxy groups -OCH3 is 1. The molecule has 312 valence electrons. The van der Waals surface area contributed by atoms with Gasteiger partial charge in [-0.1, -0.05) is 24.6 Å². The van der Waals surface area contributed by atoms with Gasteiger partial charge in [-0.3, -0.25) is 9.69 Å². The maximum absolute atomic E-state index is 16.3. The lowest BCUT2D eigenvalue weighted by Gasteiger charge is -2.54. The molecule has 1 saturated carbocycles. The number of aliphatic hydroxyl groups is 1. The molecule has 5 aliphatic rings. The minimum absolute atomic E-state index is 0.0218. The number of alkyl halides is 1. The van der Waals surface area contributed by atoms with E-state index in [9.17, 15) is 18.0 Å².